The van der Waals surface area contributed by atoms with Crippen LogP contribution in [0.15, 0.2) is 24.3 Å². The number of nitrogens with zero attached hydrogens (tertiary/aromatic N) is 1. The number of ether oxygens (including phenoxy) is 1. The summed E-state index contributed by atoms with van der Waals surface area (Å²) in [6.45, 7) is 5.88. The average molecular weight is 222 g/mol. The van der Waals surface area contributed by atoms with Crippen molar-refractivity contribution in [2.75, 3.05) is 45.7 Å². The molecule has 0 radical (unpaired) electrons. The number of methoxy groups -OCH3 is 1. The molecule has 0 fully saturated rings. The van der Waals surface area contributed by atoms with E-state index in [0.717, 1.165) is 26.2 Å². The van der Waals surface area contributed by atoms with Gasteiger partial charge in [0.1, 0.15) is 0 Å². The maximum Gasteiger partial charge on any atom is 0.0589 e. The average Bonchev–Trinajstić information content (AvgIpc) is 2.29. The third kappa shape index (κ3) is 4.64. The van der Waals surface area contributed by atoms with Gasteiger partial charge in [0.15, 0.2) is 0 Å². The van der Waals surface area contributed by atoms with Crippen LogP contribution in [0.3, 0.4) is 0 Å². The van der Waals surface area contributed by atoms with E-state index in [2.05, 4.69) is 48.5 Å². The number of anilines is 1. The minimum Gasteiger partial charge on any atom is -0.384 e. The number of hydrogen-bond acceptors (Lipinski definition) is 3. The lowest BCUT2D eigenvalue weighted by molar-refractivity contribution is 0.163. The van der Waals surface area contributed by atoms with Crippen molar-refractivity contribution >= 4 is 5.69 Å². The van der Waals surface area contributed by atoms with E-state index in [-0.39, 0.29) is 0 Å². The standard InChI is InChI=1S/C13H22N2O/c1-12-6-4-5-7-13(12)14-8-9-15(2)10-11-16-3/h4-7,14H,8-11H2,1-3H3. The van der Waals surface area contributed by atoms with E-state index >= 15 is 0 Å². The van der Waals surface area contributed by atoms with Crippen LogP contribution in [-0.2, 0) is 4.74 Å². The molecular weight excluding hydrogens is 200 g/mol. The monoisotopic (exact) mass is 222 g/mol. The molecule has 1 aromatic rings. The Morgan fingerprint density at radius 2 is 2.00 bits per heavy atom. The second kappa shape index (κ2) is 7.25. The number of rotatable bonds is 7. The van der Waals surface area contributed by atoms with Crippen LogP contribution in [0.5, 0.6) is 0 Å². The lowest BCUT2D eigenvalue weighted by Gasteiger charge is -2.17. The molecule has 0 aliphatic heterocycles. The van der Waals surface area contributed by atoms with E-state index in [4.69, 9.17) is 4.74 Å². The molecule has 0 atom stereocenters. The molecule has 1 N–H and O–H groups in total. The molecular formula is C13H22N2O. The van der Waals surface area contributed by atoms with E-state index in [1.54, 1.807) is 7.11 Å². The normalized spacial score (nSPS) is 10.8. The summed E-state index contributed by atoms with van der Waals surface area (Å²) in [5, 5.41) is 3.44. The quantitative estimate of drug-likeness (QED) is 0.763. The molecule has 16 heavy (non-hydrogen) atoms. The van der Waals surface area contributed by atoms with Crippen LogP contribution in [0.4, 0.5) is 5.69 Å². The molecule has 3 nitrogen and oxygen atoms in total. The first-order valence-electron chi connectivity index (χ1n) is 5.71. The summed E-state index contributed by atoms with van der Waals surface area (Å²) in [7, 11) is 3.85. The van der Waals surface area contributed by atoms with E-state index in [1.165, 1.54) is 11.3 Å². The topological polar surface area (TPSA) is 24.5 Å². The molecule has 0 amide bonds. The lowest BCUT2D eigenvalue weighted by atomic mass is 10.2. The Hall–Kier alpha value is -1.06. The summed E-state index contributed by atoms with van der Waals surface area (Å²) in [5.74, 6) is 0. The first kappa shape index (κ1) is 13.0. The van der Waals surface area contributed by atoms with Crippen LogP contribution in [0, 0.1) is 6.92 Å². The fourth-order valence-corrected chi connectivity index (χ4v) is 1.51. The van der Waals surface area contributed by atoms with Crippen molar-refractivity contribution < 1.29 is 4.74 Å². The molecule has 0 unspecified atom stereocenters. The third-order valence-electron chi connectivity index (χ3n) is 2.63. The van der Waals surface area contributed by atoms with Crippen LogP contribution >= 0.6 is 0 Å². The molecule has 0 aromatic heterocycles. The molecule has 1 rings (SSSR count). The molecule has 0 aliphatic rings. The summed E-state index contributed by atoms with van der Waals surface area (Å²) in [6, 6.07) is 8.36. The highest BCUT2D eigenvalue weighted by molar-refractivity contribution is 5.50. The number of likely N-dealkylation sites (N-methyl/N-ethyl adjacent to an activating group) is 1. The van der Waals surface area contributed by atoms with Gasteiger partial charge in [-0.2, -0.15) is 0 Å². The van der Waals surface area contributed by atoms with Crippen LogP contribution in [0.1, 0.15) is 5.56 Å². The Morgan fingerprint density at radius 3 is 2.69 bits per heavy atom. The van der Waals surface area contributed by atoms with Gasteiger partial charge in [0, 0.05) is 32.4 Å². The van der Waals surface area contributed by atoms with E-state index in [9.17, 15) is 0 Å². The highest BCUT2D eigenvalue weighted by Gasteiger charge is 1.98. The van der Waals surface area contributed by atoms with Gasteiger partial charge in [-0.3, -0.25) is 0 Å². The first-order valence-corrected chi connectivity index (χ1v) is 5.71. The number of aryl methyl sites for hydroxylation is 1. The summed E-state index contributed by atoms with van der Waals surface area (Å²) in [5.41, 5.74) is 2.52. The lowest BCUT2D eigenvalue weighted by Crippen LogP contribution is -2.28. The van der Waals surface area contributed by atoms with Crippen molar-refractivity contribution in [2.24, 2.45) is 0 Å². The van der Waals surface area contributed by atoms with Gasteiger partial charge >= 0.3 is 0 Å². The van der Waals surface area contributed by atoms with Gasteiger partial charge in [-0.15, -0.1) is 0 Å². The maximum absolute atomic E-state index is 5.03. The minimum absolute atomic E-state index is 0.793. The molecule has 0 saturated carbocycles. The van der Waals surface area contributed by atoms with Crippen molar-refractivity contribution in [3.05, 3.63) is 29.8 Å². The smallest absolute Gasteiger partial charge is 0.0589 e. The van der Waals surface area contributed by atoms with Gasteiger partial charge in [0.05, 0.1) is 6.61 Å². The van der Waals surface area contributed by atoms with Crippen molar-refractivity contribution in [3.8, 4) is 0 Å². The van der Waals surface area contributed by atoms with Gasteiger partial charge in [0.2, 0.25) is 0 Å². The van der Waals surface area contributed by atoms with Crippen LogP contribution in [-0.4, -0.2) is 45.3 Å². The number of hydrogen-bond donors (Lipinski definition) is 1. The largest absolute Gasteiger partial charge is 0.384 e. The number of benzene rings is 1. The number of nitrogens with one attached hydrogen (secondary N) is 1. The zero-order valence-corrected chi connectivity index (χ0v) is 10.5. The van der Waals surface area contributed by atoms with E-state index in [1.807, 2.05) is 0 Å². The molecule has 0 saturated heterocycles. The second-order valence-corrected chi connectivity index (χ2v) is 4.04. The molecule has 1 aromatic carbocycles. The van der Waals surface area contributed by atoms with Crippen molar-refractivity contribution in [2.45, 2.75) is 6.92 Å². The molecule has 3 heteroatoms. The Labute approximate surface area is 98.4 Å². The second-order valence-electron chi connectivity index (χ2n) is 4.04. The molecule has 0 bridgehead atoms. The Morgan fingerprint density at radius 1 is 1.25 bits per heavy atom. The van der Waals surface area contributed by atoms with E-state index in [0.29, 0.717) is 0 Å². The Balaban J connectivity index is 2.23. The summed E-state index contributed by atoms with van der Waals surface area (Å²) in [4.78, 5) is 2.26. The summed E-state index contributed by atoms with van der Waals surface area (Å²) >= 11 is 0. The van der Waals surface area contributed by atoms with Gasteiger partial charge in [0.25, 0.3) is 0 Å². The fourth-order valence-electron chi connectivity index (χ4n) is 1.51. The predicted molar refractivity (Wildman–Crippen MR) is 69.0 cm³/mol. The number of para-hydroxylation sites is 1. The molecule has 0 heterocycles. The fraction of sp³-hybridized carbons (Fsp3) is 0.538. The summed E-state index contributed by atoms with van der Waals surface area (Å²) < 4.78 is 5.03. The van der Waals surface area contributed by atoms with Gasteiger partial charge in [-0.1, -0.05) is 18.2 Å². The highest BCUT2D eigenvalue weighted by atomic mass is 16.5. The molecule has 0 aliphatic carbocycles. The first-order chi connectivity index (χ1) is 7.74. The van der Waals surface area contributed by atoms with Gasteiger partial charge in [-0.05, 0) is 25.6 Å². The van der Waals surface area contributed by atoms with Crippen LogP contribution in [0.2, 0.25) is 0 Å². The Kier molecular flexibility index (Phi) is 5.90. The van der Waals surface area contributed by atoms with Crippen LogP contribution in [0.25, 0.3) is 0 Å². The van der Waals surface area contributed by atoms with Gasteiger partial charge in [-0.25, -0.2) is 0 Å². The highest BCUT2D eigenvalue weighted by Crippen LogP contribution is 2.12. The SMILES string of the molecule is COCCN(C)CCNc1ccccc1C. The van der Waals surface area contributed by atoms with E-state index < -0.39 is 0 Å². The zero-order valence-electron chi connectivity index (χ0n) is 10.5. The zero-order chi connectivity index (χ0) is 11.8. The van der Waals surface area contributed by atoms with Crippen molar-refractivity contribution in [1.29, 1.82) is 0 Å². The maximum atomic E-state index is 5.03. The molecule has 90 valence electrons. The molecule has 0 spiro atoms. The van der Waals surface area contributed by atoms with Crippen LogP contribution < -0.4 is 5.32 Å². The summed E-state index contributed by atoms with van der Waals surface area (Å²) in [6.07, 6.45) is 0. The minimum atomic E-state index is 0.793. The van der Waals surface area contributed by atoms with Gasteiger partial charge < -0.3 is 15.0 Å². The predicted octanol–water partition coefficient (Wildman–Crippen LogP) is 1.99. The third-order valence-corrected chi connectivity index (χ3v) is 2.63. The van der Waals surface area contributed by atoms with Crippen molar-refractivity contribution in [1.82, 2.24) is 4.90 Å². The Bertz CT molecular complexity index is 302. The van der Waals surface area contributed by atoms with Crippen molar-refractivity contribution in [3.63, 3.8) is 0 Å².